The van der Waals surface area contributed by atoms with Gasteiger partial charge in [0, 0.05) is 32.2 Å². The van der Waals surface area contributed by atoms with Crippen LogP contribution in [0.25, 0.3) is 21.5 Å². The molecule has 136 valence electrons. The first kappa shape index (κ1) is 17.5. The quantitative estimate of drug-likeness (QED) is 0.624. The van der Waals surface area contributed by atoms with Crippen molar-refractivity contribution in [2.75, 3.05) is 26.2 Å². The van der Waals surface area contributed by atoms with E-state index in [1.54, 1.807) is 5.56 Å². The molecular weight excluding hydrogens is 316 g/mol. The maximum atomic E-state index is 3.52. The van der Waals surface area contributed by atoms with Gasteiger partial charge >= 0.3 is 0 Å². The monoisotopic (exact) mass is 346 g/mol. The van der Waals surface area contributed by atoms with Gasteiger partial charge in [0.05, 0.1) is 0 Å². The summed E-state index contributed by atoms with van der Waals surface area (Å²) in [5, 5.41) is 9.11. The van der Waals surface area contributed by atoms with E-state index < -0.39 is 0 Å². The second kappa shape index (κ2) is 7.77. The van der Waals surface area contributed by atoms with Crippen LogP contribution in [-0.2, 0) is 0 Å². The molecule has 1 aliphatic rings. The van der Waals surface area contributed by atoms with Gasteiger partial charge in [-0.05, 0) is 51.9 Å². The van der Waals surface area contributed by atoms with E-state index in [1.165, 1.54) is 34.4 Å². The lowest BCUT2D eigenvalue weighted by molar-refractivity contribution is 0.162. The van der Waals surface area contributed by atoms with Crippen LogP contribution < -0.4 is 5.32 Å². The number of nitrogens with zero attached hydrogens (tertiary/aromatic N) is 1. The highest BCUT2D eigenvalue weighted by Crippen LogP contribution is 2.38. The van der Waals surface area contributed by atoms with Gasteiger partial charge in [0.25, 0.3) is 0 Å². The fourth-order valence-corrected chi connectivity index (χ4v) is 4.40. The minimum atomic E-state index is 0.496. The van der Waals surface area contributed by atoms with Crippen molar-refractivity contribution in [2.24, 2.45) is 5.92 Å². The van der Waals surface area contributed by atoms with E-state index in [-0.39, 0.29) is 0 Å². The molecule has 0 spiro atoms. The third-order valence-corrected chi connectivity index (χ3v) is 5.76. The van der Waals surface area contributed by atoms with Crippen LogP contribution in [0.3, 0.4) is 0 Å². The highest BCUT2D eigenvalue weighted by atomic mass is 15.2. The van der Waals surface area contributed by atoms with Crippen molar-refractivity contribution in [1.29, 1.82) is 0 Å². The maximum Gasteiger partial charge on any atom is 0.0361 e. The van der Waals surface area contributed by atoms with Crippen LogP contribution in [0.15, 0.2) is 54.6 Å². The summed E-state index contributed by atoms with van der Waals surface area (Å²) in [6.45, 7) is 9.16. The van der Waals surface area contributed by atoms with Gasteiger partial charge in [-0.1, -0.05) is 62.4 Å². The molecule has 2 nitrogen and oxygen atoms in total. The Hall–Kier alpha value is -1.90. The molecule has 4 rings (SSSR count). The van der Waals surface area contributed by atoms with E-state index in [0.29, 0.717) is 6.04 Å². The Kier molecular flexibility index (Phi) is 5.23. The molecule has 0 aliphatic carbocycles. The van der Waals surface area contributed by atoms with Crippen LogP contribution in [0.4, 0.5) is 0 Å². The molecule has 0 radical (unpaired) electrons. The normalized spacial score (nSPS) is 17.2. The number of piperazine rings is 1. The maximum absolute atomic E-state index is 3.52. The molecule has 0 aromatic heterocycles. The summed E-state index contributed by atoms with van der Waals surface area (Å²) in [6.07, 6.45) is 2.50. The standard InChI is InChI=1S/C24H30N2/c1-18(2)11-12-23(26-15-13-25-14-16-26)24-21-9-5-3-7-19(21)17-20-8-4-6-10-22(20)24/h3-10,17-18,23,25H,11-16H2,1-2H3/t23-/m1/s1. The van der Waals surface area contributed by atoms with Gasteiger partial charge < -0.3 is 5.32 Å². The SMILES string of the molecule is CC(C)CC[C@H](c1c2ccccc2cc2ccccc12)N1CCNCC1. The smallest absolute Gasteiger partial charge is 0.0361 e. The van der Waals surface area contributed by atoms with Crippen LogP contribution in [0, 0.1) is 5.92 Å². The van der Waals surface area contributed by atoms with E-state index in [0.717, 1.165) is 32.1 Å². The lowest BCUT2D eigenvalue weighted by atomic mass is 9.88. The predicted octanol–water partition coefficient (Wildman–Crippen LogP) is 5.38. The van der Waals surface area contributed by atoms with Crippen LogP contribution in [-0.4, -0.2) is 31.1 Å². The van der Waals surface area contributed by atoms with Crippen molar-refractivity contribution in [1.82, 2.24) is 10.2 Å². The highest BCUT2D eigenvalue weighted by molar-refractivity contribution is 6.02. The Labute approximate surface area is 157 Å². The van der Waals surface area contributed by atoms with Crippen molar-refractivity contribution in [3.63, 3.8) is 0 Å². The van der Waals surface area contributed by atoms with Gasteiger partial charge in [-0.3, -0.25) is 4.90 Å². The van der Waals surface area contributed by atoms with Crippen molar-refractivity contribution in [3.05, 3.63) is 60.2 Å². The highest BCUT2D eigenvalue weighted by Gasteiger charge is 2.25. The van der Waals surface area contributed by atoms with E-state index in [2.05, 4.69) is 78.7 Å². The predicted molar refractivity (Wildman–Crippen MR) is 113 cm³/mol. The van der Waals surface area contributed by atoms with E-state index in [1.807, 2.05) is 0 Å². The summed E-state index contributed by atoms with van der Waals surface area (Å²) in [7, 11) is 0. The number of fused-ring (bicyclic) bond motifs is 2. The van der Waals surface area contributed by atoms with Gasteiger partial charge in [0.2, 0.25) is 0 Å². The van der Waals surface area contributed by atoms with Gasteiger partial charge in [-0.2, -0.15) is 0 Å². The molecule has 1 aliphatic heterocycles. The second-order valence-electron chi connectivity index (χ2n) is 8.01. The molecule has 26 heavy (non-hydrogen) atoms. The zero-order chi connectivity index (χ0) is 17.9. The number of nitrogens with one attached hydrogen (secondary N) is 1. The number of hydrogen-bond acceptors (Lipinski definition) is 2. The summed E-state index contributed by atoms with van der Waals surface area (Å²) in [6, 6.07) is 20.7. The topological polar surface area (TPSA) is 15.3 Å². The Morgan fingerprint density at radius 3 is 2.00 bits per heavy atom. The molecule has 1 atom stereocenters. The zero-order valence-corrected chi connectivity index (χ0v) is 16.0. The molecule has 0 saturated carbocycles. The Bertz CT molecular complexity index is 824. The molecule has 3 aromatic rings. The summed E-state index contributed by atoms with van der Waals surface area (Å²) >= 11 is 0. The Morgan fingerprint density at radius 1 is 0.846 bits per heavy atom. The van der Waals surface area contributed by atoms with E-state index in [9.17, 15) is 0 Å². The average molecular weight is 347 g/mol. The Morgan fingerprint density at radius 2 is 1.42 bits per heavy atom. The van der Waals surface area contributed by atoms with Gasteiger partial charge in [0.1, 0.15) is 0 Å². The van der Waals surface area contributed by atoms with Crippen LogP contribution >= 0.6 is 0 Å². The third-order valence-electron chi connectivity index (χ3n) is 5.76. The van der Waals surface area contributed by atoms with Gasteiger partial charge in [-0.15, -0.1) is 0 Å². The molecule has 1 fully saturated rings. The van der Waals surface area contributed by atoms with Crippen molar-refractivity contribution in [3.8, 4) is 0 Å². The van der Waals surface area contributed by atoms with Crippen molar-refractivity contribution < 1.29 is 0 Å². The molecule has 2 heteroatoms. The van der Waals surface area contributed by atoms with Crippen molar-refractivity contribution in [2.45, 2.75) is 32.7 Å². The van der Waals surface area contributed by atoms with Crippen LogP contribution in [0.5, 0.6) is 0 Å². The number of benzene rings is 3. The minimum Gasteiger partial charge on any atom is -0.314 e. The van der Waals surface area contributed by atoms with Gasteiger partial charge in [-0.25, -0.2) is 0 Å². The molecule has 1 N–H and O–H groups in total. The largest absolute Gasteiger partial charge is 0.314 e. The molecular formula is C24H30N2. The lowest BCUT2D eigenvalue weighted by Crippen LogP contribution is -2.45. The molecule has 1 saturated heterocycles. The summed E-state index contributed by atoms with van der Waals surface area (Å²) in [5.74, 6) is 0.738. The van der Waals surface area contributed by atoms with E-state index >= 15 is 0 Å². The van der Waals surface area contributed by atoms with Crippen LogP contribution in [0.2, 0.25) is 0 Å². The molecule has 1 heterocycles. The minimum absolute atomic E-state index is 0.496. The first-order valence-corrected chi connectivity index (χ1v) is 10.1. The fourth-order valence-electron chi connectivity index (χ4n) is 4.40. The summed E-state index contributed by atoms with van der Waals surface area (Å²) < 4.78 is 0. The second-order valence-corrected chi connectivity index (χ2v) is 8.01. The van der Waals surface area contributed by atoms with E-state index in [4.69, 9.17) is 0 Å². The fraction of sp³-hybridized carbons (Fsp3) is 0.417. The first-order valence-electron chi connectivity index (χ1n) is 10.1. The molecule has 3 aromatic carbocycles. The van der Waals surface area contributed by atoms with Gasteiger partial charge in [0.15, 0.2) is 0 Å². The third kappa shape index (κ3) is 3.49. The van der Waals surface area contributed by atoms with Crippen molar-refractivity contribution >= 4 is 21.5 Å². The molecule has 0 unspecified atom stereocenters. The lowest BCUT2D eigenvalue weighted by Gasteiger charge is -2.37. The molecule has 0 bridgehead atoms. The first-order chi connectivity index (χ1) is 12.7. The summed E-state index contributed by atoms with van der Waals surface area (Å²) in [5.41, 5.74) is 1.54. The molecule has 0 amide bonds. The number of rotatable bonds is 5. The summed E-state index contributed by atoms with van der Waals surface area (Å²) in [4.78, 5) is 2.72. The van der Waals surface area contributed by atoms with Crippen LogP contribution in [0.1, 0.15) is 38.3 Å². The zero-order valence-electron chi connectivity index (χ0n) is 16.0. The average Bonchev–Trinajstić information content (AvgIpc) is 2.68. The number of hydrogen-bond donors (Lipinski definition) is 1. The Balaban J connectivity index is 1.90.